The summed E-state index contributed by atoms with van der Waals surface area (Å²) in [4.78, 5) is 91.1. The van der Waals surface area contributed by atoms with E-state index in [2.05, 4.69) is 41.9 Å². The van der Waals surface area contributed by atoms with Gasteiger partial charge in [-0.3, -0.25) is 38.8 Å². The lowest BCUT2D eigenvalue weighted by Crippen LogP contribution is -2.58. The fourth-order valence-electron chi connectivity index (χ4n) is 7.02. The summed E-state index contributed by atoms with van der Waals surface area (Å²) in [5.41, 5.74) is 18.4. The van der Waals surface area contributed by atoms with Gasteiger partial charge in [0.2, 0.25) is 35.4 Å². The number of phenols is 1. The number of aromatic hydroxyl groups is 1. The number of carbonyl (C=O) groups is 6. The van der Waals surface area contributed by atoms with Gasteiger partial charge < -0.3 is 59.1 Å². The van der Waals surface area contributed by atoms with Crippen molar-refractivity contribution in [2.45, 2.75) is 89.4 Å². The van der Waals surface area contributed by atoms with Gasteiger partial charge >= 0.3 is 0 Å². The fraction of sp³-hybridized carbons (Fsp3) is 0.455. The Balaban J connectivity index is 1.58. The second kappa shape index (κ2) is 25.1. The van der Waals surface area contributed by atoms with Crippen LogP contribution in [0.5, 0.6) is 5.75 Å². The first-order chi connectivity index (χ1) is 30.2. The summed E-state index contributed by atoms with van der Waals surface area (Å²) in [5.74, 6) is -3.11. The lowest BCUT2D eigenvalue weighted by Gasteiger charge is -2.33. The van der Waals surface area contributed by atoms with Gasteiger partial charge in [-0.2, -0.15) is 0 Å². The zero-order valence-corrected chi connectivity index (χ0v) is 36.0. The first-order valence-electron chi connectivity index (χ1n) is 21.3. The third-order valence-corrected chi connectivity index (χ3v) is 10.4. The molecule has 0 bridgehead atoms. The van der Waals surface area contributed by atoms with E-state index in [0.29, 0.717) is 50.9 Å². The van der Waals surface area contributed by atoms with Gasteiger partial charge in [-0.05, 0) is 66.6 Å². The number of amides is 6. The molecule has 340 valence electrons. The number of aliphatic imine (C=N–C) groups is 2. The minimum absolute atomic E-state index is 0.0139. The van der Waals surface area contributed by atoms with Crippen LogP contribution in [0, 0.1) is 0 Å². The lowest BCUT2D eigenvalue weighted by atomic mass is 10.0. The minimum atomic E-state index is -1.17. The average molecular weight is 871 g/mol. The van der Waals surface area contributed by atoms with Gasteiger partial charge in [0.1, 0.15) is 29.9 Å². The molecule has 0 spiro atoms. The molecule has 1 aliphatic rings. The molecule has 0 aromatic heterocycles. The molecule has 19 heteroatoms. The van der Waals surface area contributed by atoms with Gasteiger partial charge in [-0.15, -0.1) is 0 Å². The number of fused-ring (bicyclic) bond motifs is 1. The number of hydrogen-bond donors (Lipinski definition) is 10. The maximum absolute atomic E-state index is 14.6. The van der Waals surface area contributed by atoms with Crippen LogP contribution in [0.15, 0.2) is 76.7 Å². The fourth-order valence-corrected chi connectivity index (χ4v) is 7.02. The van der Waals surface area contributed by atoms with Crippen LogP contribution >= 0.6 is 0 Å². The highest BCUT2D eigenvalue weighted by Crippen LogP contribution is 2.18. The smallest absolute Gasteiger partial charge is 0.246 e. The molecule has 3 aromatic carbocycles. The van der Waals surface area contributed by atoms with E-state index in [1.807, 2.05) is 42.5 Å². The van der Waals surface area contributed by atoms with Crippen LogP contribution in [0.2, 0.25) is 0 Å². The number of unbranched alkanes of at least 4 members (excludes halogenated alkanes) is 3. The summed E-state index contributed by atoms with van der Waals surface area (Å²) in [6, 6.07) is 15.0. The molecule has 1 fully saturated rings. The lowest BCUT2D eigenvalue weighted by molar-refractivity contribution is -0.143. The van der Waals surface area contributed by atoms with Crippen molar-refractivity contribution in [1.82, 2.24) is 36.8 Å². The SMILES string of the molecule is CC(=O)NCCNC(N)=NCCCCCCN1C(=O)[C@@H](Cc2ccc(O)cc2)NC(=O)CNC(=O)[C@H](Cc2ccc3ccccc3c2)NC(=O)[C@H](CCCN=C(N)N)NC(=O)[C@H]1C. The Bertz CT molecular complexity index is 2090. The normalized spacial score (nSPS) is 19.2. The summed E-state index contributed by atoms with van der Waals surface area (Å²) in [5, 5.41) is 28.5. The Labute approximate surface area is 367 Å². The molecular weight excluding hydrogens is 809 g/mol. The maximum Gasteiger partial charge on any atom is 0.246 e. The van der Waals surface area contributed by atoms with Gasteiger partial charge in [-0.25, -0.2) is 0 Å². The monoisotopic (exact) mass is 870 g/mol. The van der Waals surface area contributed by atoms with E-state index in [1.165, 1.54) is 24.0 Å². The summed E-state index contributed by atoms with van der Waals surface area (Å²) >= 11 is 0. The van der Waals surface area contributed by atoms with E-state index in [-0.39, 0.29) is 55.9 Å². The number of nitrogens with zero attached hydrogens (tertiary/aromatic N) is 3. The molecule has 4 rings (SSSR count). The van der Waals surface area contributed by atoms with Crippen molar-refractivity contribution in [3.8, 4) is 5.75 Å². The molecule has 3 aromatic rings. The second-order valence-corrected chi connectivity index (χ2v) is 15.5. The van der Waals surface area contributed by atoms with E-state index in [9.17, 15) is 33.9 Å². The Morgan fingerprint density at radius 1 is 0.730 bits per heavy atom. The summed E-state index contributed by atoms with van der Waals surface area (Å²) in [6.07, 6.45) is 3.07. The van der Waals surface area contributed by atoms with Gasteiger partial charge in [-0.1, -0.05) is 67.4 Å². The number of rotatable bonds is 18. The van der Waals surface area contributed by atoms with Gasteiger partial charge in [0.05, 0.1) is 6.54 Å². The van der Waals surface area contributed by atoms with Crippen molar-refractivity contribution in [3.63, 3.8) is 0 Å². The standard InChI is InChI=1S/C44H62N12O7/c1-28-39(60)54-35(12-9-20-49-43(45)46)41(62)55-36(26-31-13-16-32-10-5-6-11-33(32)24-31)40(61)52-27-38(59)53-37(25-30-14-17-34(58)18-15-30)42(63)56(28)23-8-4-3-7-19-50-44(47)51-22-21-48-29(2)57/h5-6,10-11,13-18,24,28,35-37,58H,3-4,7-9,12,19-23,25-27H2,1-2H3,(H,48,57)(H,52,61)(H,53,59)(H,54,60)(H,55,62)(H4,45,46,49)(H3,47,50,51)/t28-,35+,36+,37-/m1/s1. The molecule has 63 heavy (non-hydrogen) atoms. The van der Waals surface area contributed by atoms with E-state index in [0.717, 1.165) is 22.8 Å². The molecule has 4 atom stereocenters. The van der Waals surface area contributed by atoms with Crippen molar-refractivity contribution >= 4 is 58.1 Å². The van der Waals surface area contributed by atoms with Crippen molar-refractivity contribution < 1.29 is 33.9 Å². The van der Waals surface area contributed by atoms with Crippen LogP contribution in [0.1, 0.15) is 63.5 Å². The highest BCUT2D eigenvalue weighted by molar-refractivity contribution is 5.97. The van der Waals surface area contributed by atoms with E-state index in [4.69, 9.17) is 17.2 Å². The number of hydrogen-bond acceptors (Lipinski definition) is 9. The van der Waals surface area contributed by atoms with Crippen molar-refractivity contribution in [3.05, 3.63) is 77.9 Å². The van der Waals surface area contributed by atoms with Crippen molar-refractivity contribution in [1.29, 1.82) is 0 Å². The molecule has 1 heterocycles. The van der Waals surface area contributed by atoms with Crippen LogP contribution in [0.25, 0.3) is 10.8 Å². The average Bonchev–Trinajstić information content (AvgIpc) is 3.25. The number of carbonyl (C=O) groups excluding carboxylic acids is 6. The number of guanidine groups is 2. The highest BCUT2D eigenvalue weighted by atomic mass is 16.3. The first-order valence-corrected chi connectivity index (χ1v) is 21.3. The Morgan fingerprint density at radius 3 is 2.11 bits per heavy atom. The molecule has 13 N–H and O–H groups in total. The zero-order chi connectivity index (χ0) is 45.7. The van der Waals surface area contributed by atoms with Gasteiger partial charge in [0.25, 0.3) is 0 Å². The second-order valence-electron chi connectivity index (χ2n) is 15.5. The Morgan fingerprint density at radius 2 is 1.38 bits per heavy atom. The maximum atomic E-state index is 14.6. The van der Waals surface area contributed by atoms with Crippen molar-refractivity contribution in [2.24, 2.45) is 27.2 Å². The van der Waals surface area contributed by atoms with E-state index < -0.39 is 60.2 Å². The number of benzene rings is 3. The van der Waals surface area contributed by atoms with E-state index >= 15 is 0 Å². The third kappa shape index (κ3) is 16.8. The van der Waals surface area contributed by atoms with Gasteiger partial charge in [0.15, 0.2) is 11.9 Å². The highest BCUT2D eigenvalue weighted by Gasteiger charge is 2.35. The molecule has 1 aliphatic heterocycles. The Hall–Kier alpha value is -6.92. The molecule has 0 saturated carbocycles. The van der Waals surface area contributed by atoms with Crippen LogP contribution in [0.4, 0.5) is 0 Å². The van der Waals surface area contributed by atoms with Gasteiger partial charge in [0, 0.05) is 52.5 Å². The topological polar surface area (TPSA) is 301 Å². The van der Waals surface area contributed by atoms with Crippen molar-refractivity contribution in [2.75, 3.05) is 39.3 Å². The summed E-state index contributed by atoms with van der Waals surface area (Å²) in [7, 11) is 0. The van der Waals surface area contributed by atoms with Crippen LogP contribution in [0.3, 0.4) is 0 Å². The summed E-state index contributed by atoms with van der Waals surface area (Å²) in [6.45, 7) is 4.09. The van der Waals surface area contributed by atoms with Crippen LogP contribution in [-0.2, 0) is 41.6 Å². The van der Waals surface area contributed by atoms with Crippen LogP contribution < -0.4 is 49.1 Å². The molecule has 1 saturated heterocycles. The number of nitrogens with one attached hydrogen (secondary N) is 6. The molecule has 0 unspecified atom stereocenters. The minimum Gasteiger partial charge on any atom is -0.508 e. The summed E-state index contributed by atoms with van der Waals surface area (Å²) < 4.78 is 0. The first kappa shape index (κ1) is 48.7. The molecule has 6 amide bonds. The third-order valence-electron chi connectivity index (χ3n) is 10.4. The largest absolute Gasteiger partial charge is 0.508 e. The zero-order valence-electron chi connectivity index (χ0n) is 36.0. The molecule has 0 aliphatic carbocycles. The predicted octanol–water partition coefficient (Wildman–Crippen LogP) is -0.214. The quantitative estimate of drug-likeness (QED) is 0.0453. The van der Waals surface area contributed by atoms with E-state index in [1.54, 1.807) is 19.1 Å². The predicted molar refractivity (Wildman–Crippen MR) is 241 cm³/mol. The van der Waals surface area contributed by atoms with Crippen LogP contribution in [-0.4, -0.2) is 121 Å². The Kier molecular flexibility index (Phi) is 19.4. The molecular formula is C44H62N12O7. The molecule has 0 radical (unpaired) electrons. The number of phenolic OH excluding ortho intramolecular Hbond substituents is 1. The number of nitrogens with two attached hydrogens (primary N) is 3. The molecule has 19 nitrogen and oxygen atoms in total.